The van der Waals surface area contributed by atoms with Gasteiger partial charge in [0.1, 0.15) is 5.82 Å². The number of pyridine rings is 1. The van der Waals surface area contributed by atoms with Gasteiger partial charge in [-0.15, -0.1) is 0 Å². The van der Waals surface area contributed by atoms with E-state index < -0.39 is 16.5 Å². The lowest BCUT2D eigenvalue weighted by Gasteiger charge is -2.38. The summed E-state index contributed by atoms with van der Waals surface area (Å²) in [5.74, 6) is -1.05. The highest BCUT2D eigenvalue weighted by Gasteiger charge is 2.36. The van der Waals surface area contributed by atoms with E-state index in [0.29, 0.717) is 54.6 Å². The molecular formula is C29H28FN5O3S. The number of hydrogen-bond donors (Lipinski definition) is 1. The summed E-state index contributed by atoms with van der Waals surface area (Å²) in [5, 5.41) is 8.70. The maximum atomic E-state index is 14.8. The van der Waals surface area contributed by atoms with Gasteiger partial charge < -0.3 is 9.80 Å². The van der Waals surface area contributed by atoms with Crippen molar-refractivity contribution in [2.24, 2.45) is 0 Å². The quantitative estimate of drug-likeness (QED) is 0.369. The molecule has 5 rings (SSSR count). The zero-order valence-corrected chi connectivity index (χ0v) is 22.5. The van der Waals surface area contributed by atoms with Crippen LogP contribution in [-0.4, -0.2) is 67.7 Å². The number of halogens is 1. The first-order valence-corrected chi connectivity index (χ1v) is 13.5. The summed E-state index contributed by atoms with van der Waals surface area (Å²) in [6, 6.07) is 17.2. The summed E-state index contributed by atoms with van der Waals surface area (Å²) in [7, 11) is 0. The van der Waals surface area contributed by atoms with Crippen molar-refractivity contribution in [1.29, 1.82) is 0 Å². The van der Waals surface area contributed by atoms with Crippen LogP contribution in [0.1, 0.15) is 35.5 Å². The summed E-state index contributed by atoms with van der Waals surface area (Å²) in [6.07, 6.45) is 2.02. The number of fused-ring (bicyclic) bond motifs is 1. The van der Waals surface area contributed by atoms with Crippen LogP contribution < -0.4 is 5.56 Å². The largest absolute Gasteiger partial charge is 0.338 e. The molecule has 1 N–H and O–H groups in total. The van der Waals surface area contributed by atoms with E-state index in [4.69, 9.17) is 0 Å². The Morgan fingerprint density at radius 1 is 0.974 bits per heavy atom. The minimum Gasteiger partial charge on any atom is -0.338 e. The lowest BCUT2D eigenvalue weighted by atomic mass is 10.0. The summed E-state index contributed by atoms with van der Waals surface area (Å²) in [5.41, 5.74) is 1.03. The molecule has 2 aromatic heterocycles. The molecule has 3 heterocycles. The number of H-pyrrole nitrogens is 1. The molecule has 10 heteroatoms. The number of aromatic amines is 1. The number of carbonyl (C=O) groups excluding carboxylic acids is 2. The summed E-state index contributed by atoms with van der Waals surface area (Å²) >= 11 is 1.40. The van der Waals surface area contributed by atoms with Gasteiger partial charge in [0.05, 0.1) is 26.4 Å². The van der Waals surface area contributed by atoms with Crippen molar-refractivity contribution >= 4 is 34.3 Å². The Hall–Kier alpha value is -4.05. The Bertz CT molecular complexity index is 1580. The van der Waals surface area contributed by atoms with Gasteiger partial charge in [0.15, 0.2) is 0 Å². The Balaban J connectivity index is 1.27. The minimum absolute atomic E-state index is 0.0213. The van der Waals surface area contributed by atoms with E-state index >= 15 is 0 Å². The molecule has 0 radical (unpaired) electrons. The van der Waals surface area contributed by atoms with Gasteiger partial charge in [0.25, 0.3) is 11.5 Å². The highest BCUT2D eigenvalue weighted by atomic mass is 32.2. The van der Waals surface area contributed by atoms with E-state index in [1.807, 2.05) is 44.2 Å². The van der Waals surface area contributed by atoms with Gasteiger partial charge in [-0.05, 0) is 49.7 Å². The van der Waals surface area contributed by atoms with Crippen LogP contribution in [0.4, 0.5) is 4.39 Å². The van der Waals surface area contributed by atoms with Crippen LogP contribution in [0.15, 0.2) is 76.7 Å². The third-order valence-electron chi connectivity index (χ3n) is 6.77. The Morgan fingerprint density at radius 2 is 1.67 bits per heavy atom. The van der Waals surface area contributed by atoms with Gasteiger partial charge in [-0.2, -0.15) is 5.10 Å². The lowest BCUT2D eigenvalue weighted by Crippen LogP contribution is -2.54. The van der Waals surface area contributed by atoms with Gasteiger partial charge >= 0.3 is 0 Å². The fourth-order valence-corrected chi connectivity index (χ4v) is 5.72. The second kappa shape index (κ2) is 11.0. The van der Waals surface area contributed by atoms with Crippen molar-refractivity contribution < 1.29 is 14.0 Å². The molecular weight excluding hydrogens is 517 g/mol. The van der Waals surface area contributed by atoms with E-state index in [-0.39, 0.29) is 17.0 Å². The van der Waals surface area contributed by atoms with Crippen molar-refractivity contribution in [3.63, 3.8) is 0 Å². The third-order valence-corrected chi connectivity index (χ3v) is 7.91. The van der Waals surface area contributed by atoms with E-state index in [1.54, 1.807) is 40.3 Å². The van der Waals surface area contributed by atoms with Crippen LogP contribution in [0.2, 0.25) is 0 Å². The van der Waals surface area contributed by atoms with Crippen LogP contribution in [0, 0.1) is 5.82 Å². The van der Waals surface area contributed by atoms with Crippen LogP contribution in [0.25, 0.3) is 10.8 Å². The molecule has 2 aromatic carbocycles. The Morgan fingerprint density at radius 3 is 2.38 bits per heavy atom. The second-order valence-electron chi connectivity index (χ2n) is 9.90. The molecule has 1 fully saturated rings. The molecule has 0 unspecified atom stereocenters. The highest BCUT2D eigenvalue weighted by molar-refractivity contribution is 8.01. The van der Waals surface area contributed by atoms with Gasteiger partial charge in [-0.25, -0.2) is 14.5 Å². The van der Waals surface area contributed by atoms with Crippen molar-refractivity contribution in [1.82, 2.24) is 25.0 Å². The van der Waals surface area contributed by atoms with E-state index in [1.165, 1.54) is 17.8 Å². The summed E-state index contributed by atoms with van der Waals surface area (Å²) < 4.78 is 14.1. The molecule has 0 spiro atoms. The number of piperazine rings is 1. The smallest absolute Gasteiger partial charge is 0.272 e. The molecule has 1 saturated heterocycles. The number of nitrogens with zero attached hydrogens (tertiary/aromatic N) is 4. The summed E-state index contributed by atoms with van der Waals surface area (Å²) in [6.45, 7) is 5.09. The fourth-order valence-electron chi connectivity index (χ4n) is 4.72. The molecule has 0 aliphatic carbocycles. The molecule has 0 bridgehead atoms. The number of benzene rings is 2. The monoisotopic (exact) mass is 545 g/mol. The van der Waals surface area contributed by atoms with Crippen molar-refractivity contribution in [3.8, 4) is 0 Å². The second-order valence-corrected chi connectivity index (χ2v) is 11.5. The normalized spacial score (nSPS) is 14.0. The number of carbonyl (C=O) groups is 2. The maximum absolute atomic E-state index is 14.8. The molecule has 0 saturated carbocycles. The standard InChI is InChI=1S/C29H28FN5O3S/c1-29(2,39-25-9-5-6-12-31-25)28(38)35-15-13-34(14-16-35)27(37)22-17-19(10-11-23(22)30)18-24-20-7-3-4-8-21(20)26(36)33-32-24/h3-12,17H,13-16,18H2,1-2H3,(H,33,36). The Kier molecular flexibility index (Phi) is 7.47. The molecule has 2 amide bonds. The maximum Gasteiger partial charge on any atom is 0.272 e. The molecule has 8 nitrogen and oxygen atoms in total. The van der Waals surface area contributed by atoms with Crippen LogP contribution in [0.5, 0.6) is 0 Å². The SMILES string of the molecule is CC(C)(Sc1ccccn1)C(=O)N1CCN(C(=O)c2cc(Cc3n[nH]c(=O)c4ccccc34)ccc2F)CC1. The molecule has 39 heavy (non-hydrogen) atoms. The van der Waals surface area contributed by atoms with Gasteiger partial charge in [-0.3, -0.25) is 14.4 Å². The zero-order valence-electron chi connectivity index (χ0n) is 21.7. The first-order chi connectivity index (χ1) is 18.7. The highest BCUT2D eigenvalue weighted by Crippen LogP contribution is 2.33. The fraction of sp³-hybridized carbons (Fsp3) is 0.276. The Labute approximate surface area is 229 Å². The molecule has 0 atom stereocenters. The minimum atomic E-state index is -0.721. The van der Waals surface area contributed by atoms with Crippen molar-refractivity contribution in [3.05, 3.63) is 99.9 Å². The number of hydrogen-bond acceptors (Lipinski definition) is 6. The first kappa shape index (κ1) is 26.6. The average Bonchev–Trinajstić information content (AvgIpc) is 2.95. The topological polar surface area (TPSA) is 99.3 Å². The van der Waals surface area contributed by atoms with E-state index in [9.17, 15) is 18.8 Å². The predicted octanol–water partition coefficient (Wildman–Crippen LogP) is 3.90. The molecule has 200 valence electrons. The van der Waals surface area contributed by atoms with E-state index in [2.05, 4.69) is 15.2 Å². The molecule has 4 aromatic rings. The van der Waals surface area contributed by atoms with Gasteiger partial charge in [0, 0.05) is 44.2 Å². The zero-order chi connectivity index (χ0) is 27.6. The number of nitrogens with one attached hydrogen (secondary N) is 1. The van der Waals surface area contributed by atoms with Crippen LogP contribution in [-0.2, 0) is 11.2 Å². The van der Waals surface area contributed by atoms with Crippen LogP contribution in [0.3, 0.4) is 0 Å². The van der Waals surface area contributed by atoms with Crippen molar-refractivity contribution in [2.45, 2.75) is 30.0 Å². The van der Waals surface area contributed by atoms with Crippen LogP contribution >= 0.6 is 11.8 Å². The van der Waals surface area contributed by atoms with Gasteiger partial charge in [-0.1, -0.05) is 42.1 Å². The first-order valence-electron chi connectivity index (χ1n) is 12.7. The molecule has 1 aliphatic heterocycles. The predicted molar refractivity (Wildman–Crippen MR) is 148 cm³/mol. The van der Waals surface area contributed by atoms with Crippen molar-refractivity contribution in [2.75, 3.05) is 26.2 Å². The number of aromatic nitrogens is 3. The average molecular weight is 546 g/mol. The van der Waals surface area contributed by atoms with Gasteiger partial charge in [0.2, 0.25) is 5.91 Å². The number of thioether (sulfide) groups is 1. The summed E-state index contributed by atoms with van der Waals surface area (Å²) in [4.78, 5) is 46.3. The lowest BCUT2D eigenvalue weighted by molar-refractivity contribution is -0.134. The van der Waals surface area contributed by atoms with E-state index in [0.717, 1.165) is 5.03 Å². The number of rotatable bonds is 6. The third kappa shape index (κ3) is 5.70. The molecule has 1 aliphatic rings. The number of amides is 2.